The summed E-state index contributed by atoms with van der Waals surface area (Å²) >= 11 is 0. The Bertz CT molecular complexity index is 485. The number of rotatable bonds is 2. The Morgan fingerprint density at radius 2 is 2.00 bits per heavy atom. The zero-order valence-corrected chi connectivity index (χ0v) is 9.33. The lowest BCUT2D eigenvalue weighted by molar-refractivity contribution is -0.135. The summed E-state index contributed by atoms with van der Waals surface area (Å²) in [5.74, 6) is 0.0418. The summed E-state index contributed by atoms with van der Waals surface area (Å²) in [6.07, 6.45) is 3.74. The van der Waals surface area contributed by atoms with Gasteiger partial charge in [0.2, 0.25) is 5.91 Å². The molecule has 1 saturated heterocycles. The van der Waals surface area contributed by atoms with Gasteiger partial charge in [-0.2, -0.15) is 0 Å². The van der Waals surface area contributed by atoms with Crippen molar-refractivity contribution in [2.75, 3.05) is 13.1 Å². The molecule has 0 radical (unpaired) electrons. The molecule has 0 saturated carbocycles. The SMILES string of the molecule is O=C1CCN(C(=O)Cn2cccnc2=O)CC1. The zero-order chi connectivity index (χ0) is 12.3. The van der Waals surface area contributed by atoms with Crippen LogP contribution in [0, 0.1) is 0 Å². The van der Waals surface area contributed by atoms with Crippen LogP contribution in [0.1, 0.15) is 12.8 Å². The summed E-state index contributed by atoms with van der Waals surface area (Å²) in [6.45, 7) is 0.889. The second-order valence-electron chi connectivity index (χ2n) is 3.95. The maximum absolute atomic E-state index is 11.9. The first-order valence-corrected chi connectivity index (χ1v) is 5.48. The van der Waals surface area contributed by atoms with Crippen molar-refractivity contribution in [1.82, 2.24) is 14.5 Å². The Morgan fingerprint density at radius 1 is 1.29 bits per heavy atom. The summed E-state index contributed by atoms with van der Waals surface area (Å²) < 4.78 is 1.26. The van der Waals surface area contributed by atoms with E-state index in [4.69, 9.17) is 0 Å². The highest BCUT2D eigenvalue weighted by Crippen LogP contribution is 2.06. The predicted molar refractivity (Wildman–Crippen MR) is 59.3 cm³/mol. The molecule has 1 amide bonds. The quantitative estimate of drug-likeness (QED) is 0.688. The fraction of sp³-hybridized carbons (Fsp3) is 0.455. The molecular weight excluding hydrogens is 222 g/mol. The molecule has 17 heavy (non-hydrogen) atoms. The molecule has 0 atom stereocenters. The minimum atomic E-state index is -0.436. The normalized spacial score (nSPS) is 16.0. The van der Waals surface area contributed by atoms with Crippen molar-refractivity contribution < 1.29 is 9.59 Å². The van der Waals surface area contributed by atoms with Crippen molar-refractivity contribution >= 4 is 11.7 Å². The van der Waals surface area contributed by atoms with Crippen LogP contribution in [-0.4, -0.2) is 39.2 Å². The van der Waals surface area contributed by atoms with E-state index in [9.17, 15) is 14.4 Å². The molecule has 0 aliphatic carbocycles. The number of ketones is 1. The van der Waals surface area contributed by atoms with Crippen molar-refractivity contribution in [3.05, 3.63) is 28.9 Å². The topological polar surface area (TPSA) is 72.3 Å². The fourth-order valence-corrected chi connectivity index (χ4v) is 1.76. The molecule has 1 aliphatic heterocycles. The monoisotopic (exact) mass is 235 g/mol. The molecule has 1 aromatic rings. The number of Topliss-reactive ketones (excluding diaryl/α,β-unsaturated/α-hetero) is 1. The van der Waals surface area contributed by atoms with Crippen molar-refractivity contribution in [3.63, 3.8) is 0 Å². The Morgan fingerprint density at radius 3 is 2.65 bits per heavy atom. The number of likely N-dealkylation sites (tertiary alicyclic amines) is 1. The van der Waals surface area contributed by atoms with Crippen LogP contribution < -0.4 is 5.69 Å². The number of amides is 1. The van der Waals surface area contributed by atoms with Crippen LogP contribution in [0.25, 0.3) is 0 Å². The summed E-state index contributed by atoms with van der Waals surface area (Å²) in [5.41, 5.74) is -0.436. The lowest BCUT2D eigenvalue weighted by Crippen LogP contribution is -2.41. The third-order valence-electron chi connectivity index (χ3n) is 2.76. The Balaban J connectivity index is 2.00. The second-order valence-corrected chi connectivity index (χ2v) is 3.95. The molecule has 1 aliphatic rings. The van der Waals surface area contributed by atoms with E-state index in [1.807, 2.05) is 0 Å². The minimum Gasteiger partial charge on any atom is -0.340 e. The molecule has 1 aromatic heterocycles. The highest BCUT2D eigenvalue weighted by atomic mass is 16.2. The van der Waals surface area contributed by atoms with Gasteiger partial charge in [0.25, 0.3) is 0 Å². The maximum Gasteiger partial charge on any atom is 0.347 e. The van der Waals surface area contributed by atoms with Gasteiger partial charge in [-0.1, -0.05) is 0 Å². The highest BCUT2D eigenvalue weighted by Gasteiger charge is 2.20. The van der Waals surface area contributed by atoms with Crippen molar-refractivity contribution in [3.8, 4) is 0 Å². The average Bonchev–Trinajstić information content (AvgIpc) is 2.33. The number of carbonyl (C=O) groups excluding carboxylic acids is 2. The Hall–Kier alpha value is -1.98. The van der Waals surface area contributed by atoms with Crippen molar-refractivity contribution in [2.45, 2.75) is 19.4 Å². The van der Waals surface area contributed by atoms with Crippen LogP contribution in [0.15, 0.2) is 23.3 Å². The van der Waals surface area contributed by atoms with E-state index in [-0.39, 0.29) is 18.2 Å². The first-order valence-electron chi connectivity index (χ1n) is 5.48. The first-order chi connectivity index (χ1) is 8.16. The maximum atomic E-state index is 11.9. The molecule has 0 bridgehead atoms. The Kier molecular flexibility index (Phi) is 3.32. The van der Waals surface area contributed by atoms with Crippen LogP contribution in [-0.2, 0) is 16.1 Å². The molecule has 6 nitrogen and oxygen atoms in total. The molecule has 6 heteroatoms. The van der Waals surface area contributed by atoms with Crippen molar-refractivity contribution in [1.29, 1.82) is 0 Å². The molecular formula is C11H13N3O3. The van der Waals surface area contributed by atoms with Gasteiger partial charge >= 0.3 is 5.69 Å². The van der Waals surface area contributed by atoms with E-state index < -0.39 is 5.69 Å². The molecule has 0 unspecified atom stereocenters. The summed E-state index contributed by atoms with van der Waals surface area (Å²) in [5, 5.41) is 0. The fourth-order valence-electron chi connectivity index (χ4n) is 1.76. The Labute approximate surface area is 97.9 Å². The second kappa shape index (κ2) is 4.90. The van der Waals surface area contributed by atoms with Crippen LogP contribution in [0.5, 0.6) is 0 Å². The van der Waals surface area contributed by atoms with E-state index in [1.54, 1.807) is 11.0 Å². The van der Waals surface area contributed by atoms with E-state index >= 15 is 0 Å². The number of nitrogens with zero attached hydrogens (tertiary/aromatic N) is 3. The van der Waals surface area contributed by atoms with E-state index in [0.717, 1.165) is 0 Å². The van der Waals surface area contributed by atoms with Gasteiger partial charge < -0.3 is 4.90 Å². The van der Waals surface area contributed by atoms with Crippen LogP contribution >= 0.6 is 0 Å². The number of piperidine rings is 1. The molecule has 2 rings (SSSR count). The summed E-state index contributed by atoms with van der Waals surface area (Å²) in [4.78, 5) is 39.4. The third kappa shape index (κ3) is 2.77. The van der Waals surface area contributed by atoms with E-state index in [1.165, 1.54) is 17.0 Å². The molecule has 0 spiro atoms. The number of carbonyl (C=O) groups is 2. The lowest BCUT2D eigenvalue weighted by atomic mass is 10.1. The van der Waals surface area contributed by atoms with Crippen molar-refractivity contribution in [2.24, 2.45) is 0 Å². The minimum absolute atomic E-state index is 0.0130. The van der Waals surface area contributed by atoms with Gasteiger partial charge in [-0.25, -0.2) is 9.78 Å². The molecule has 2 heterocycles. The van der Waals surface area contributed by atoms with Gasteiger partial charge in [-0.05, 0) is 6.07 Å². The van der Waals surface area contributed by atoms with Crippen LogP contribution in [0.4, 0.5) is 0 Å². The lowest BCUT2D eigenvalue weighted by Gasteiger charge is -2.26. The number of hydrogen-bond acceptors (Lipinski definition) is 4. The van der Waals surface area contributed by atoms with Gasteiger partial charge in [-0.3, -0.25) is 14.2 Å². The third-order valence-corrected chi connectivity index (χ3v) is 2.76. The molecule has 90 valence electrons. The van der Waals surface area contributed by atoms with Gasteiger partial charge in [0.1, 0.15) is 12.3 Å². The van der Waals surface area contributed by atoms with Crippen LogP contribution in [0.2, 0.25) is 0 Å². The average molecular weight is 235 g/mol. The zero-order valence-electron chi connectivity index (χ0n) is 9.33. The molecule has 0 aromatic carbocycles. The number of aromatic nitrogens is 2. The van der Waals surface area contributed by atoms with Gasteiger partial charge in [0.05, 0.1) is 0 Å². The summed E-state index contributed by atoms with van der Waals surface area (Å²) in [7, 11) is 0. The number of hydrogen-bond donors (Lipinski definition) is 0. The van der Waals surface area contributed by atoms with Gasteiger partial charge in [-0.15, -0.1) is 0 Å². The molecule has 0 N–H and O–H groups in total. The van der Waals surface area contributed by atoms with Crippen LogP contribution in [0.3, 0.4) is 0 Å². The standard InChI is InChI=1S/C11H13N3O3/c15-9-2-6-13(7-3-9)10(16)8-14-5-1-4-12-11(14)17/h1,4-5H,2-3,6-8H2. The predicted octanol–water partition coefficient (Wildman–Crippen LogP) is -0.565. The van der Waals surface area contributed by atoms with Gasteiger partial charge in [0, 0.05) is 38.3 Å². The van der Waals surface area contributed by atoms with E-state index in [0.29, 0.717) is 25.9 Å². The molecule has 1 fully saturated rings. The van der Waals surface area contributed by atoms with E-state index in [2.05, 4.69) is 4.98 Å². The van der Waals surface area contributed by atoms with Gasteiger partial charge in [0.15, 0.2) is 0 Å². The highest BCUT2D eigenvalue weighted by molar-refractivity contribution is 5.83. The largest absolute Gasteiger partial charge is 0.347 e. The summed E-state index contributed by atoms with van der Waals surface area (Å²) in [6, 6.07) is 1.61. The smallest absolute Gasteiger partial charge is 0.340 e. The first kappa shape index (κ1) is 11.5.